The summed E-state index contributed by atoms with van der Waals surface area (Å²) in [5.74, 6) is -0.0739. The minimum absolute atomic E-state index is 0.0739. The monoisotopic (exact) mass is 256 g/mol. The molecule has 1 aromatic rings. The molecular weight excluding hydrogens is 241 g/mol. The highest BCUT2D eigenvalue weighted by atomic mass is 19.4. The molecule has 18 heavy (non-hydrogen) atoms. The van der Waals surface area contributed by atoms with Crippen molar-refractivity contribution in [3.05, 3.63) is 42.2 Å². The van der Waals surface area contributed by atoms with Crippen LogP contribution in [0, 0.1) is 0 Å². The van der Waals surface area contributed by atoms with E-state index in [1.54, 1.807) is 18.4 Å². The van der Waals surface area contributed by atoms with Gasteiger partial charge in [-0.2, -0.15) is 13.2 Å². The highest BCUT2D eigenvalue weighted by molar-refractivity contribution is 5.59. The number of hydrogen-bond acceptors (Lipinski definition) is 2. The fourth-order valence-electron chi connectivity index (χ4n) is 1.40. The number of nitrogens with zero attached hydrogens (tertiary/aromatic N) is 2. The van der Waals surface area contributed by atoms with Gasteiger partial charge in [0.25, 0.3) is 0 Å². The molecule has 0 radical (unpaired) electrons. The van der Waals surface area contributed by atoms with Crippen LogP contribution in [0.3, 0.4) is 0 Å². The second-order valence-electron chi connectivity index (χ2n) is 3.95. The predicted octanol–water partition coefficient (Wildman–Crippen LogP) is 3.85. The summed E-state index contributed by atoms with van der Waals surface area (Å²) in [4.78, 5) is 7.46. The van der Waals surface area contributed by atoms with Crippen molar-refractivity contribution >= 4 is 6.21 Å². The molecule has 5 heteroatoms. The van der Waals surface area contributed by atoms with E-state index in [2.05, 4.69) is 16.6 Å². The molecular formula is C13H15F3N2. The first-order valence-corrected chi connectivity index (χ1v) is 5.57. The Bertz CT molecular complexity index is 424. The van der Waals surface area contributed by atoms with Crippen molar-refractivity contribution in [1.82, 2.24) is 4.98 Å². The van der Waals surface area contributed by atoms with Gasteiger partial charge >= 0.3 is 6.18 Å². The van der Waals surface area contributed by atoms with Crippen LogP contribution >= 0.6 is 0 Å². The molecule has 1 unspecified atom stereocenters. The lowest BCUT2D eigenvalue weighted by molar-refractivity contribution is -0.141. The van der Waals surface area contributed by atoms with E-state index in [1.807, 2.05) is 6.92 Å². The molecule has 0 spiro atoms. The quantitative estimate of drug-likeness (QED) is 0.580. The molecule has 1 aromatic heterocycles. The zero-order chi connectivity index (χ0) is 13.6. The molecule has 0 bridgehead atoms. The average molecular weight is 256 g/mol. The Labute approximate surface area is 104 Å². The van der Waals surface area contributed by atoms with Crippen molar-refractivity contribution in [2.45, 2.75) is 25.4 Å². The Morgan fingerprint density at radius 1 is 1.50 bits per heavy atom. The van der Waals surface area contributed by atoms with Crippen LogP contribution in [0.15, 0.2) is 36.0 Å². The van der Waals surface area contributed by atoms with Crippen LogP contribution in [0.25, 0.3) is 0 Å². The zero-order valence-corrected chi connectivity index (χ0v) is 10.1. The van der Waals surface area contributed by atoms with Gasteiger partial charge in [0.15, 0.2) is 0 Å². The number of rotatable bonds is 5. The predicted molar refractivity (Wildman–Crippen MR) is 65.8 cm³/mol. The third-order valence-electron chi connectivity index (χ3n) is 2.42. The van der Waals surface area contributed by atoms with Crippen LogP contribution in [0.2, 0.25) is 0 Å². The van der Waals surface area contributed by atoms with E-state index in [9.17, 15) is 13.2 Å². The van der Waals surface area contributed by atoms with E-state index < -0.39 is 11.9 Å². The van der Waals surface area contributed by atoms with Crippen LogP contribution in [0.4, 0.5) is 13.2 Å². The van der Waals surface area contributed by atoms with Crippen molar-refractivity contribution in [3.8, 4) is 0 Å². The number of aromatic nitrogens is 1. The first-order valence-electron chi connectivity index (χ1n) is 5.57. The molecule has 2 nitrogen and oxygen atoms in total. The second kappa shape index (κ2) is 6.33. The zero-order valence-electron chi connectivity index (χ0n) is 10.1. The molecule has 0 aromatic carbocycles. The Hall–Kier alpha value is -1.65. The third-order valence-corrected chi connectivity index (χ3v) is 2.42. The molecule has 0 saturated heterocycles. The lowest BCUT2D eigenvalue weighted by atomic mass is 10.0. The third kappa shape index (κ3) is 4.31. The van der Waals surface area contributed by atoms with Crippen LogP contribution in [-0.2, 0) is 6.18 Å². The topological polar surface area (TPSA) is 25.2 Å². The van der Waals surface area contributed by atoms with E-state index in [4.69, 9.17) is 0 Å². The van der Waals surface area contributed by atoms with Crippen LogP contribution < -0.4 is 0 Å². The van der Waals surface area contributed by atoms with Crippen molar-refractivity contribution in [3.63, 3.8) is 0 Å². The maximum Gasteiger partial charge on any atom is 0.433 e. The van der Waals surface area contributed by atoms with Gasteiger partial charge in [-0.3, -0.25) is 9.98 Å². The maximum absolute atomic E-state index is 12.5. The smallest absolute Gasteiger partial charge is 0.297 e. The summed E-state index contributed by atoms with van der Waals surface area (Å²) in [6.07, 6.45) is 0.860. The molecule has 1 rings (SSSR count). The van der Waals surface area contributed by atoms with Gasteiger partial charge in [0.2, 0.25) is 0 Å². The van der Waals surface area contributed by atoms with Crippen LogP contribution in [-0.4, -0.2) is 17.7 Å². The Kier molecular flexibility index (Phi) is 5.07. The standard InChI is InChI=1S/C13H15F3N2/c1-3-4-6-17-9-10(2)11-5-7-18-12(8-11)13(14,15)16/h3,5-8,10H,1,4,9H2,2H3. The van der Waals surface area contributed by atoms with Gasteiger partial charge in [0.05, 0.1) is 0 Å². The summed E-state index contributed by atoms with van der Waals surface area (Å²) in [6, 6.07) is 2.66. The lowest BCUT2D eigenvalue weighted by Crippen LogP contribution is -2.09. The van der Waals surface area contributed by atoms with Crippen LogP contribution in [0.5, 0.6) is 0 Å². The largest absolute Gasteiger partial charge is 0.433 e. The van der Waals surface area contributed by atoms with Gasteiger partial charge in [0, 0.05) is 24.9 Å². The first kappa shape index (κ1) is 14.4. The normalized spacial score (nSPS) is 13.8. The number of pyridine rings is 1. The molecule has 1 heterocycles. The maximum atomic E-state index is 12.5. The molecule has 0 amide bonds. The summed E-state index contributed by atoms with van der Waals surface area (Å²) >= 11 is 0. The fraction of sp³-hybridized carbons (Fsp3) is 0.385. The van der Waals surface area contributed by atoms with Gasteiger partial charge in [-0.25, -0.2) is 0 Å². The van der Waals surface area contributed by atoms with Gasteiger partial charge in [-0.15, -0.1) is 6.58 Å². The van der Waals surface area contributed by atoms with E-state index in [1.165, 1.54) is 6.20 Å². The number of alkyl halides is 3. The molecule has 0 aliphatic rings. The van der Waals surface area contributed by atoms with Gasteiger partial charge in [0.1, 0.15) is 5.69 Å². The fourth-order valence-corrected chi connectivity index (χ4v) is 1.40. The number of hydrogen-bond donors (Lipinski definition) is 0. The molecule has 1 atom stereocenters. The minimum atomic E-state index is -4.40. The van der Waals surface area contributed by atoms with E-state index in [0.29, 0.717) is 18.5 Å². The highest BCUT2D eigenvalue weighted by Gasteiger charge is 2.32. The summed E-state index contributed by atoms with van der Waals surface area (Å²) in [5, 5.41) is 0. The van der Waals surface area contributed by atoms with Gasteiger partial charge in [-0.1, -0.05) is 13.0 Å². The molecule has 0 aliphatic heterocycles. The molecule has 0 aliphatic carbocycles. The van der Waals surface area contributed by atoms with E-state index in [0.717, 1.165) is 6.07 Å². The number of allylic oxidation sites excluding steroid dienone is 1. The molecule has 0 N–H and O–H groups in total. The number of aliphatic imine (C=N–C) groups is 1. The van der Waals surface area contributed by atoms with Gasteiger partial charge in [-0.05, 0) is 24.1 Å². The van der Waals surface area contributed by atoms with Crippen molar-refractivity contribution in [2.24, 2.45) is 4.99 Å². The van der Waals surface area contributed by atoms with E-state index >= 15 is 0 Å². The average Bonchev–Trinajstić information content (AvgIpc) is 2.33. The Balaban J connectivity index is 2.74. The molecule has 0 saturated carbocycles. The number of halogens is 3. The molecule has 98 valence electrons. The second-order valence-corrected chi connectivity index (χ2v) is 3.95. The SMILES string of the molecule is C=CCC=NCC(C)c1ccnc(C(F)(F)F)c1. The molecule has 0 fully saturated rings. The highest BCUT2D eigenvalue weighted by Crippen LogP contribution is 2.29. The van der Waals surface area contributed by atoms with Crippen molar-refractivity contribution in [1.29, 1.82) is 0 Å². The van der Waals surface area contributed by atoms with Crippen molar-refractivity contribution < 1.29 is 13.2 Å². The minimum Gasteiger partial charge on any atom is -0.297 e. The van der Waals surface area contributed by atoms with Gasteiger partial charge < -0.3 is 0 Å². The van der Waals surface area contributed by atoms with Crippen molar-refractivity contribution in [2.75, 3.05) is 6.54 Å². The summed E-state index contributed by atoms with van der Waals surface area (Å²) < 4.78 is 37.4. The van der Waals surface area contributed by atoms with E-state index in [-0.39, 0.29) is 5.92 Å². The van der Waals surface area contributed by atoms with Crippen LogP contribution in [0.1, 0.15) is 30.5 Å². The Morgan fingerprint density at radius 3 is 2.83 bits per heavy atom. The Morgan fingerprint density at radius 2 is 2.22 bits per heavy atom. The first-order chi connectivity index (χ1) is 8.45. The summed E-state index contributed by atoms with van der Waals surface area (Å²) in [5.41, 5.74) is -0.269. The lowest BCUT2D eigenvalue weighted by Gasteiger charge is -2.11. The summed E-state index contributed by atoms with van der Waals surface area (Å²) in [7, 11) is 0. The summed E-state index contributed by atoms with van der Waals surface area (Å²) in [6.45, 7) is 5.84.